The predicted octanol–water partition coefficient (Wildman–Crippen LogP) is 3.77. The van der Waals surface area contributed by atoms with E-state index in [1.165, 1.54) is 4.68 Å². The van der Waals surface area contributed by atoms with Crippen LogP contribution in [0.3, 0.4) is 0 Å². The van der Waals surface area contributed by atoms with Gasteiger partial charge in [0.25, 0.3) is 5.91 Å². The lowest BCUT2D eigenvalue weighted by Crippen LogP contribution is -2.17. The van der Waals surface area contributed by atoms with Crippen LogP contribution in [-0.4, -0.2) is 35.3 Å². The van der Waals surface area contributed by atoms with E-state index in [0.717, 1.165) is 17.4 Å². The Morgan fingerprint density at radius 2 is 1.76 bits per heavy atom. The number of rotatable bonds is 5. The maximum atomic E-state index is 12.9. The van der Waals surface area contributed by atoms with E-state index < -0.39 is 15.7 Å². The van der Waals surface area contributed by atoms with Crippen LogP contribution < -0.4 is 5.32 Å². The maximum absolute atomic E-state index is 12.9. The molecule has 33 heavy (non-hydrogen) atoms. The number of hydrogen-bond acceptors (Lipinski definition) is 6. The zero-order valence-corrected chi connectivity index (χ0v) is 18.7. The first-order chi connectivity index (χ1) is 15.7. The second-order valence-electron chi connectivity index (χ2n) is 7.43. The summed E-state index contributed by atoms with van der Waals surface area (Å²) in [6, 6.07) is 20.6. The fraction of sp³-hybridized carbons (Fsp3) is 0.0833. The number of benzene rings is 2. The van der Waals surface area contributed by atoms with Gasteiger partial charge in [-0.25, -0.2) is 18.1 Å². The molecule has 164 valence electrons. The van der Waals surface area contributed by atoms with E-state index in [1.807, 2.05) is 0 Å². The van der Waals surface area contributed by atoms with Gasteiger partial charge in [0.2, 0.25) is 0 Å². The third-order valence-corrected chi connectivity index (χ3v) is 6.03. The van der Waals surface area contributed by atoms with Crippen molar-refractivity contribution in [2.24, 2.45) is 0 Å². The Kier molecular flexibility index (Phi) is 5.77. The minimum Gasteiger partial charge on any atom is -0.305 e. The summed E-state index contributed by atoms with van der Waals surface area (Å²) in [6.45, 7) is 1.78. The Labute approximate surface area is 191 Å². The molecule has 2 heterocycles. The predicted molar refractivity (Wildman–Crippen MR) is 124 cm³/mol. The quantitative estimate of drug-likeness (QED) is 0.487. The van der Waals surface area contributed by atoms with Gasteiger partial charge >= 0.3 is 0 Å². The number of pyridine rings is 1. The highest BCUT2D eigenvalue weighted by Gasteiger charge is 2.16. The molecule has 8 nitrogen and oxygen atoms in total. The Hall–Kier alpha value is -4.29. The number of nitrogens with zero attached hydrogens (tertiary/aromatic N) is 4. The minimum atomic E-state index is -3.26. The summed E-state index contributed by atoms with van der Waals surface area (Å²) in [5.74, 6) is -0.0385. The van der Waals surface area contributed by atoms with Gasteiger partial charge in [-0.1, -0.05) is 18.2 Å². The van der Waals surface area contributed by atoms with Crippen LogP contribution in [0.25, 0.3) is 16.8 Å². The van der Waals surface area contributed by atoms with E-state index in [2.05, 4.69) is 21.5 Å². The monoisotopic (exact) mass is 457 g/mol. The van der Waals surface area contributed by atoms with Crippen LogP contribution in [0.2, 0.25) is 0 Å². The third-order valence-electron chi connectivity index (χ3n) is 4.90. The van der Waals surface area contributed by atoms with Gasteiger partial charge in [-0.15, -0.1) is 0 Å². The molecule has 0 saturated heterocycles. The maximum Gasteiger partial charge on any atom is 0.275 e. The lowest BCUT2D eigenvalue weighted by Gasteiger charge is -2.09. The highest BCUT2D eigenvalue weighted by molar-refractivity contribution is 7.90. The fourth-order valence-corrected chi connectivity index (χ4v) is 3.91. The van der Waals surface area contributed by atoms with E-state index in [-0.39, 0.29) is 4.90 Å². The summed E-state index contributed by atoms with van der Waals surface area (Å²) in [6.07, 6.45) is 2.76. The standard InChI is InChI=1S/C24H19N5O3S/c1-16-12-22(29(28-16)20-5-3-4-17(13-20)14-25)24(30)27-23-11-8-19(15-26-23)18-6-9-21(10-7-18)33(2,31)32/h3-13,15H,1-2H3,(H,26,27,30). The summed E-state index contributed by atoms with van der Waals surface area (Å²) in [5, 5.41) is 16.3. The molecule has 0 saturated carbocycles. The smallest absolute Gasteiger partial charge is 0.275 e. The molecule has 4 rings (SSSR count). The average molecular weight is 458 g/mol. The number of aromatic nitrogens is 3. The molecule has 0 atom stereocenters. The highest BCUT2D eigenvalue weighted by Crippen LogP contribution is 2.22. The molecule has 0 aliphatic heterocycles. The van der Waals surface area contributed by atoms with Crippen molar-refractivity contribution in [1.82, 2.24) is 14.8 Å². The molecule has 4 aromatic rings. The zero-order chi connectivity index (χ0) is 23.6. The molecule has 0 aliphatic carbocycles. The molecule has 0 unspecified atom stereocenters. The highest BCUT2D eigenvalue weighted by atomic mass is 32.2. The van der Waals surface area contributed by atoms with Gasteiger partial charge in [0.1, 0.15) is 11.5 Å². The minimum absolute atomic E-state index is 0.246. The molecule has 1 N–H and O–H groups in total. The van der Waals surface area contributed by atoms with Crippen molar-refractivity contribution >= 4 is 21.6 Å². The molecule has 9 heteroatoms. The van der Waals surface area contributed by atoms with Gasteiger partial charge in [0.05, 0.1) is 27.9 Å². The SMILES string of the molecule is Cc1cc(C(=O)Nc2ccc(-c3ccc(S(C)(=O)=O)cc3)cn2)n(-c2cccc(C#N)c2)n1. The molecule has 0 aliphatic rings. The second-order valence-corrected chi connectivity index (χ2v) is 9.44. The molecule has 0 spiro atoms. The summed E-state index contributed by atoms with van der Waals surface area (Å²) in [5.41, 5.74) is 3.62. The van der Waals surface area contributed by atoms with Gasteiger partial charge < -0.3 is 5.32 Å². The topological polar surface area (TPSA) is 118 Å². The molecule has 2 aromatic heterocycles. The van der Waals surface area contributed by atoms with Crippen molar-refractivity contribution in [2.45, 2.75) is 11.8 Å². The number of nitrogens with one attached hydrogen (secondary N) is 1. The van der Waals surface area contributed by atoms with Crippen molar-refractivity contribution in [3.05, 3.63) is 89.9 Å². The first-order valence-electron chi connectivity index (χ1n) is 9.90. The van der Waals surface area contributed by atoms with Crippen molar-refractivity contribution in [2.75, 3.05) is 11.6 Å². The second kappa shape index (κ2) is 8.68. The number of amides is 1. The van der Waals surface area contributed by atoms with E-state index >= 15 is 0 Å². The van der Waals surface area contributed by atoms with Gasteiger partial charge in [-0.3, -0.25) is 4.79 Å². The Bertz CT molecular complexity index is 1480. The lowest BCUT2D eigenvalue weighted by atomic mass is 10.1. The normalized spacial score (nSPS) is 11.1. The van der Waals surface area contributed by atoms with E-state index in [9.17, 15) is 13.2 Å². The molecular weight excluding hydrogens is 438 g/mol. The summed E-state index contributed by atoms with van der Waals surface area (Å²) >= 11 is 0. The van der Waals surface area contributed by atoms with Crippen molar-refractivity contribution < 1.29 is 13.2 Å². The van der Waals surface area contributed by atoms with Crippen LogP contribution in [0.1, 0.15) is 21.7 Å². The van der Waals surface area contributed by atoms with E-state index in [1.54, 1.807) is 79.9 Å². The van der Waals surface area contributed by atoms with E-state index in [4.69, 9.17) is 5.26 Å². The number of sulfone groups is 1. The third kappa shape index (κ3) is 4.81. The molecule has 1 amide bonds. The van der Waals surface area contributed by atoms with Crippen molar-refractivity contribution in [1.29, 1.82) is 5.26 Å². The summed E-state index contributed by atoms with van der Waals surface area (Å²) < 4.78 is 24.7. The Balaban J connectivity index is 1.55. The Morgan fingerprint density at radius 3 is 2.39 bits per heavy atom. The lowest BCUT2D eigenvalue weighted by molar-refractivity contribution is 0.101. The molecule has 2 aromatic carbocycles. The number of aryl methyl sites for hydroxylation is 1. The van der Waals surface area contributed by atoms with Crippen LogP contribution in [0.4, 0.5) is 5.82 Å². The summed E-state index contributed by atoms with van der Waals surface area (Å²) in [7, 11) is -3.26. The number of anilines is 1. The molecule has 0 fully saturated rings. The van der Waals surface area contributed by atoms with Gasteiger partial charge in [0, 0.05) is 18.0 Å². The van der Waals surface area contributed by atoms with Crippen molar-refractivity contribution in [3.8, 4) is 22.9 Å². The van der Waals surface area contributed by atoms with Gasteiger partial charge in [-0.05, 0) is 61.0 Å². The number of hydrogen-bond donors (Lipinski definition) is 1. The molecule has 0 bridgehead atoms. The van der Waals surface area contributed by atoms with Gasteiger partial charge in [0.15, 0.2) is 9.84 Å². The largest absolute Gasteiger partial charge is 0.305 e. The Morgan fingerprint density at radius 1 is 1.03 bits per heavy atom. The average Bonchev–Trinajstić information content (AvgIpc) is 3.21. The zero-order valence-electron chi connectivity index (χ0n) is 17.9. The first kappa shape index (κ1) is 21.9. The first-order valence-corrected chi connectivity index (χ1v) is 11.8. The molecule has 0 radical (unpaired) electrons. The van der Waals surface area contributed by atoms with Crippen LogP contribution in [0.15, 0.2) is 77.8 Å². The number of carbonyl (C=O) groups excluding carboxylic acids is 1. The summed E-state index contributed by atoms with van der Waals surface area (Å²) in [4.78, 5) is 17.5. The van der Waals surface area contributed by atoms with E-state index in [0.29, 0.717) is 28.5 Å². The number of carbonyl (C=O) groups is 1. The van der Waals surface area contributed by atoms with Crippen LogP contribution in [0.5, 0.6) is 0 Å². The molecular formula is C24H19N5O3S. The van der Waals surface area contributed by atoms with Gasteiger partial charge in [-0.2, -0.15) is 10.4 Å². The van der Waals surface area contributed by atoms with Crippen molar-refractivity contribution in [3.63, 3.8) is 0 Å². The number of nitriles is 1. The fourth-order valence-electron chi connectivity index (χ4n) is 3.28. The van der Waals surface area contributed by atoms with Crippen LogP contribution in [-0.2, 0) is 9.84 Å². The van der Waals surface area contributed by atoms with Crippen LogP contribution >= 0.6 is 0 Å². The van der Waals surface area contributed by atoms with Crippen LogP contribution in [0, 0.1) is 18.3 Å².